The number of thioether (sulfide) groups is 1. The quantitative estimate of drug-likeness (QED) is 0.738. The maximum absolute atomic E-state index is 13.8. The summed E-state index contributed by atoms with van der Waals surface area (Å²) in [5.74, 6) is 0.115. The monoisotopic (exact) mass is 297 g/mol. The molecule has 0 bridgehead atoms. The number of nitriles is 1. The molecule has 0 amide bonds. The first-order valence-electron chi connectivity index (χ1n) is 6.43. The minimum Gasteiger partial charge on any atom is -0.333 e. The zero-order chi connectivity index (χ0) is 14.8. The molecule has 0 unspecified atom stereocenters. The topological polar surface area (TPSA) is 52.5 Å². The van der Waals surface area contributed by atoms with E-state index in [0.717, 1.165) is 16.2 Å². The second kappa shape index (κ2) is 5.58. The highest BCUT2D eigenvalue weighted by molar-refractivity contribution is 7.98. The molecule has 0 saturated heterocycles. The molecular weight excluding hydrogens is 285 g/mol. The van der Waals surface area contributed by atoms with Crippen molar-refractivity contribution in [3.05, 3.63) is 58.9 Å². The summed E-state index contributed by atoms with van der Waals surface area (Å²) in [6, 6.07) is 12.5. The molecule has 0 spiro atoms. The summed E-state index contributed by atoms with van der Waals surface area (Å²) in [6.45, 7) is 2.03. The molecule has 0 saturated carbocycles. The molecule has 1 heterocycles. The van der Waals surface area contributed by atoms with Gasteiger partial charge in [0.05, 0.1) is 22.7 Å². The van der Waals surface area contributed by atoms with E-state index in [9.17, 15) is 4.39 Å². The lowest BCUT2D eigenvalue weighted by Gasteiger charge is -2.01. The maximum atomic E-state index is 13.8. The van der Waals surface area contributed by atoms with E-state index in [4.69, 9.17) is 5.26 Å². The van der Waals surface area contributed by atoms with Crippen molar-refractivity contribution >= 4 is 22.8 Å². The Balaban J connectivity index is 1.78. The van der Waals surface area contributed by atoms with Crippen molar-refractivity contribution in [2.24, 2.45) is 0 Å². The number of benzene rings is 2. The highest BCUT2D eigenvalue weighted by Crippen LogP contribution is 2.25. The van der Waals surface area contributed by atoms with Crippen LogP contribution in [0.25, 0.3) is 11.0 Å². The van der Waals surface area contributed by atoms with Crippen LogP contribution in [0.15, 0.2) is 41.6 Å². The number of rotatable bonds is 3. The molecule has 1 N–H and O–H groups in total. The van der Waals surface area contributed by atoms with Crippen LogP contribution in [0.2, 0.25) is 0 Å². The standard InChI is InChI=1S/C16H12FN3S/c1-10-2-5-14-15(6-10)20-16(19-14)21-9-12-4-3-11(8-18)7-13(12)17/h2-7H,9H2,1H3,(H,19,20). The van der Waals surface area contributed by atoms with Gasteiger partial charge in [0.2, 0.25) is 0 Å². The van der Waals surface area contributed by atoms with Gasteiger partial charge in [0, 0.05) is 5.75 Å². The predicted molar refractivity (Wildman–Crippen MR) is 81.5 cm³/mol. The Bertz CT molecular complexity index is 848. The summed E-state index contributed by atoms with van der Waals surface area (Å²) in [5, 5.41) is 9.49. The van der Waals surface area contributed by atoms with E-state index in [-0.39, 0.29) is 5.82 Å². The first kappa shape index (κ1) is 13.7. The molecule has 3 aromatic rings. The fraction of sp³-hybridized carbons (Fsp3) is 0.125. The molecule has 1 aromatic heterocycles. The number of hydrogen-bond acceptors (Lipinski definition) is 3. The lowest BCUT2D eigenvalue weighted by molar-refractivity contribution is 0.617. The van der Waals surface area contributed by atoms with E-state index in [0.29, 0.717) is 16.9 Å². The Labute approximate surface area is 125 Å². The van der Waals surface area contributed by atoms with E-state index in [1.807, 2.05) is 31.2 Å². The number of aromatic nitrogens is 2. The Morgan fingerprint density at radius 3 is 2.90 bits per heavy atom. The van der Waals surface area contributed by atoms with Crippen LogP contribution in [0.1, 0.15) is 16.7 Å². The summed E-state index contributed by atoms with van der Waals surface area (Å²) in [7, 11) is 0. The first-order chi connectivity index (χ1) is 10.2. The molecule has 104 valence electrons. The number of H-pyrrole nitrogens is 1. The summed E-state index contributed by atoms with van der Waals surface area (Å²) in [5.41, 5.74) is 3.96. The third-order valence-electron chi connectivity index (χ3n) is 3.16. The number of hydrogen-bond donors (Lipinski definition) is 1. The SMILES string of the molecule is Cc1ccc2nc(SCc3ccc(C#N)cc3F)[nH]c2c1. The van der Waals surface area contributed by atoms with Gasteiger partial charge in [0.1, 0.15) is 5.82 Å². The van der Waals surface area contributed by atoms with E-state index in [1.165, 1.54) is 23.4 Å². The van der Waals surface area contributed by atoms with Crippen LogP contribution in [-0.4, -0.2) is 9.97 Å². The molecule has 0 radical (unpaired) electrons. The molecular formula is C16H12FN3S. The average Bonchev–Trinajstić information content (AvgIpc) is 2.87. The molecule has 2 aromatic carbocycles. The third kappa shape index (κ3) is 2.91. The molecule has 0 aliphatic carbocycles. The molecule has 3 nitrogen and oxygen atoms in total. The average molecular weight is 297 g/mol. The zero-order valence-electron chi connectivity index (χ0n) is 11.4. The number of halogens is 1. The van der Waals surface area contributed by atoms with E-state index < -0.39 is 0 Å². The van der Waals surface area contributed by atoms with Crippen LogP contribution in [0.5, 0.6) is 0 Å². The number of nitrogens with one attached hydrogen (secondary N) is 1. The van der Waals surface area contributed by atoms with Crippen LogP contribution in [-0.2, 0) is 5.75 Å². The Morgan fingerprint density at radius 1 is 1.29 bits per heavy atom. The van der Waals surface area contributed by atoms with Gasteiger partial charge in [-0.1, -0.05) is 23.9 Å². The van der Waals surface area contributed by atoms with Crippen molar-refractivity contribution in [3.63, 3.8) is 0 Å². The van der Waals surface area contributed by atoms with Gasteiger partial charge in [0.25, 0.3) is 0 Å². The molecule has 3 rings (SSSR count). The normalized spacial score (nSPS) is 10.7. The van der Waals surface area contributed by atoms with Crippen LogP contribution >= 0.6 is 11.8 Å². The van der Waals surface area contributed by atoms with Gasteiger partial charge in [-0.3, -0.25) is 0 Å². The van der Waals surface area contributed by atoms with Gasteiger partial charge < -0.3 is 4.98 Å². The number of fused-ring (bicyclic) bond motifs is 1. The van der Waals surface area contributed by atoms with Gasteiger partial charge in [-0.15, -0.1) is 0 Å². The third-order valence-corrected chi connectivity index (χ3v) is 4.08. The van der Waals surface area contributed by atoms with Crippen molar-refractivity contribution in [1.82, 2.24) is 9.97 Å². The number of aryl methyl sites for hydroxylation is 1. The van der Waals surface area contributed by atoms with Crippen molar-refractivity contribution < 1.29 is 4.39 Å². The van der Waals surface area contributed by atoms with Gasteiger partial charge >= 0.3 is 0 Å². The second-order valence-electron chi connectivity index (χ2n) is 4.77. The van der Waals surface area contributed by atoms with Gasteiger partial charge in [-0.25, -0.2) is 9.37 Å². The molecule has 0 aliphatic rings. The van der Waals surface area contributed by atoms with Gasteiger partial charge in [0.15, 0.2) is 5.16 Å². The largest absolute Gasteiger partial charge is 0.333 e. The number of nitrogens with zero attached hydrogens (tertiary/aromatic N) is 2. The Kier molecular flexibility index (Phi) is 3.63. The van der Waals surface area contributed by atoms with Crippen LogP contribution in [0.4, 0.5) is 4.39 Å². The number of aromatic amines is 1. The Hall–Kier alpha value is -2.32. The highest BCUT2D eigenvalue weighted by Gasteiger charge is 2.07. The maximum Gasteiger partial charge on any atom is 0.166 e. The minimum atomic E-state index is -0.353. The fourth-order valence-electron chi connectivity index (χ4n) is 2.05. The summed E-state index contributed by atoms with van der Waals surface area (Å²) >= 11 is 1.44. The van der Waals surface area contributed by atoms with Gasteiger partial charge in [-0.05, 0) is 42.3 Å². The second-order valence-corrected chi connectivity index (χ2v) is 5.73. The molecule has 0 fully saturated rings. The molecule has 21 heavy (non-hydrogen) atoms. The van der Waals surface area contributed by atoms with Crippen molar-refractivity contribution in [2.45, 2.75) is 17.8 Å². The summed E-state index contributed by atoms with van der Waals surface area (Å²) < 4.78 is 13.8. The lowest BCUT2D eigenvalue weighted by Crippen LogP contribution is -1.89. The van der Waals surface area contributed by atoms with Crippen molar-refractivity contribution in [1.29, 1.82) is 5.26 Å². The molecule has 5 heteroatoms. The van der Waals surface area contributed by atoms with Gasteiger partial charge in [-0.2, -0.15) is 5.26 Å². The van der Waals surface area contributed by atoms with E-state index in [1.54, 1.807) is 12.1 Å². The number of imidazole rings is 1. The van der Waals surface area contributed by atoms with E-state index >= 15 is 0 Å². The van der Waals surface area contributed by atoms with Crippen LogP contribution in [0.3, 0.4) is 0 Å². The van der Waals surface area contributed by atoms with E-state index in [2.05, 4.69) is 9.97 Å². The van der Waals surface area contributed by atoms with Crippen LogP contribution in [0, 0.1) is 24.1 Å². The van der Waals surface area contributed by atoms with Crippen molar-refractivity contribution in [3.8, 4) is 6.07 Å². The molecule has 0 atom stereocenters. The predicted octanol–water partition coefficient (Wildman–Crippen LogP) is 4.17. The summed E-state index contributed by atoms with van der Waals surface area (Å²) in [6.07, 6.45) is 0. The smallest absolute Gasteiger partial charge is 0.166 e. The summed E-state index contributed by atoms with van der Waals surface area (Å²) in [4.78, 5) is 7.69. The van der Waals surface area contributed by atoms with Crippen LogP contribution < -0.4 is 0 Å². The zero-order valence-corrected chi connectivity index (χ0v) is 12.2. The highest BCUT2D eigenvalue weighted by atomic mass is 32.2. The molecule has 0 aliphatic heterocycles. The minimum absolute atomic E-state index is 0.334. The first-order valence-corrected chi connectivity index (χ1v) is 7.42. The fourth-order valence-corrected chi connectivity index (χ4v) is 2.92. The van der Waals surface area contributed by atoms with Crippen molar-refractivity contribution in [2.75, 3.05) is 0 Å². The Morgan fingerprint density at radius 2 is 2.14 bits per heavy atom. The lowest BCUT2D eigenvalue weighted by atomic mass is 10.1.